The highest BCUT2D eigenvalue weighted by atomic mass is 35.5. The Labute approximate surface area is 70.7 Å². The van der Waals surface area contributed by atoms with Gasteiger partial charge in [0.05, 0.1) is 0 Å². The molecule has 0 radical (unpaired) electrons. The minimum atomic E-state index is -0.457. The van der Waals surface area contributed by atoms with Crippen LogP contribution in [0.2, 0.25) is 0 Å². The van der Waals surface area contributed by atoms with Crippen molar-refractivity contribution in [2.45, 2.75) is 24.2 Å². The van der Waals surface area contributed by atoms with Crippen LogP contribution in [0.1, 0.15) is 13.8 Å². The fourth-order valence-electron chi connectivity index (χ4n) is 0.865. The van der Waals surface area contributed by atoms with Gasteiger partial charge in [-0.2, -0.15) is 0 Å². The molecule has 0 aromatic heterocycles. The molecule has 1 nitrogen and oxygen atoms in total. The molecule has 56 valence electrons. The van der Waals surface area contributed by atoms with Crippen molar-refractivity contribution >= 4 is 28.9 Å². The van der Waals surface area contributed by atoms with Crippen molar-refractivity contribution in [1.29, 1.82) is 0 Å². The van der Waals surface area contributed by atoms with Crippen molar-refractivity contribution in [2.75, 3.05) is 0 Å². The van der Waals surface area contributed by atoms with Crippen molar-refractivity contribution in [3.05, 3.63) is 12.2 Å². The highest BCUT2D eigenvalue weighted by molar-refractivity contribution is 6.45. The third-order valence-corrected chi connectivity index (χ3v) is 2.40. The van der Waals surface area contributed by atoms with Gasteiger partial charge in [0, 0.05) is 5.71 Å². The van der Waals surface area contributed by atoms with Crippen molar-refractivity contribution in [1.82, 2.24) is 0 Å². The lowest BCUT2D eigenvalue weighted by Gasteiger charge is -2.18. The van der Waals surface area contributed by atoms with Gasteiger partial charge in [0.2, 0.25) is 0 Å². The summed E-state index contributed by atoms with van der Waals surface area (Å²) in [6, 6.07) is 0. The van der Waals surface area contributed by atoms with E-state index in [2.05, 4.69) is 4.99 Å². The van der Waals surface area contributed by atoms with Crippen molar-refractivity contribution in [3.8, 4) is 0 Å². The molecule has 0 saturated carbocycles. The standard InChI is InChI=1S/C7H9Cl2N/c1-5-3-4-7(2,10-5)6(8)9/h3-4,6H,1-2H3. The Hall–Kier alpha value is -0.0100. The first kappa shape index (κ1) is 8.09. The Balaban J connectivity index is 2.84. The predicted molar refractivity (Wildman–Crippen MR) is 46.1 cm³/mol. The molecule has 0 spiro atoms. The first-order valence-electron chi connectivity index (χ1n) is 3.08. The van der Waals surface area contributed by atoms with E-state index in [1.165, 1.54) is 0 Å². The number of nitrogens with zero attached hydrogens (tertiary/aromatic N) is 1. The van der Waals surface area contributed by atoms with Gasteiger partial charge in [0.25, 0.3) is 0 Å². The second-order valence-corrected chi connectivity index (χ2v) is 3.71. The van der Waals surface area contributed by atoms with Gasteiger partial charge in [-0.05, 0) is 19.9 Å². The van der Waals surface area contributed by atoms with E-state index in [-0.39, 0.29) is 0 Å². The molecular weight excluding hydrogens is 169 g/mol. The number of allylic oxidation sites excluding steroid dienone is 1. The van der Waals surface area contributed by atoms with Crippen molar-refractivity contribution in [2.24, 2.45) is 4.99 Å². The number of hydrogen-bond donors (Lipinski definition) is 0. The van der Waals surface area contributed by atoms with Crippen LogP contribution >= 0.6 is 23.2 Å². The molecule has 3 heteroatoms. The maximum Gasteiger partial charge on any atom is 0.136 e. The van der Waals surface area contributed by atoms with Crippen molar-refractivity contribution < 1.29 is 0 Å². The highest BCUT2D eigenvalue weighted by Gasteiger charge is 2.30. The Morgan fingerprint density at radius 3 is 2.40 bits per heavy atom. The number of alkyl halides is 2. The third-order valence-electron chi connectivity index (χ3n) is 1.52. The molecule has 10 heavy (non-hydrogen) atoms. The molecule has 1 unspecified atom stereocenters. The van der Waals surface area contributed by atoms with Gasteiger partial charge in [-0.3, -0.25) is 4.99 Å². The monoisotopic (exact) mass is 177 g/mol. The lowest BCUT2D eigenvalue weighted by atomic mass is 10.1. The zero-order valence-corrected chi connectivity index (χ0v) is 7.45. The van der Waals surface area contributed by atoms with Gasteiger partial charge in [0.15, 0.2) is 0 Å². The van der Waals surface area contributed by atoms with Crippen LogP contribution in [-0.2, 0) is 0 Å². The number of halogens is 2. The van der Waals surface area contributed by atoms with Crippen LogP contribution in [0.4, 0.5) is 0 Å². The van der Waals surface area contributed by atoms with E-state index in [1.54, 1.807) is 0 Å². The van der Waals surface area contributed by atoms with Crippen LogP contribution in [0.25, 0.3) is 0 Å². The van der Waals surface area contributed by atoms with E-state index < -0.39 is 10.4 Å². The molecule has 1 aliphatic heterocycles. The van der Waals surface area contributed by atoms with Gasteiger partial charge in [-0.15, -0.1) is 23.2 Å². The smallest absolute Gasteiger partial charge is 0.136 e. The summed E-state index contributed by atoms with van der Waals surface area (Å²) >= 11 is 11.4. The van der Waals surface area contributed by atoms with Crippen LogP contribution in [0, 0.1) is 0 Å². The van der Waals surface area contributed by atoms with E-state index in [9.17, 15) is 0 Å². The minimum Gasteiger partial charge on any atom is -0.277 e. The summed E-state index contributed by atoms with van der Waals surface area (Å²) in [5, 5.41) is 0. The number of aliphatic imine (C=N–C) groups is 1. The molecule has 0 aromatic rings. The maximum atomic E-state index is 5.70. The van der Waals surface area contributed by atoms with Gasteiger partial charge in [-0.25, -0.2) is 0 Å². The molecule has 0 N–H and O–H groups in total. The molecule has 0 aliphatic carbocycles. The third kappa shape index (κ3) is 1.35. The van der Waals surface area contributed by atoms with Crippen LogP contribution in [-0.4, -0.2) is 16.1 Å². The second kappa shape index (κ2) is 2.55. The molecular formula is C7H9Cl2N. The topological polar surface area (TPSA) is 12.4 Å². The lowest BCUT2D eigenvalue weighted by Crippen LogP contribution is -2.25. The Kier molecular flexibility index (Phi) is 2.07. The van der Waals surface area contributed by atoms with Gasteiger partial charge in [-0.1, -0.05) is 6.08 Å². The molecule has 0 amide bonds. The van der Waals surface area contributed by atoms with E-state index in [0.717, 1.165) is 5.71 Å². The summed E-state index contributed by atoms with van der Waals surface area (Å²) in [6.45, 7) is 3.84. The first-order valence-corrected chi connectivity index (χ1v) is 3.96. The Morgan fingerprint density at radius 2 is 2.20 bits per heavy atom. The zero-order chi connectivity index (χ0) is 7.78. The van der Waals surface area contributed by atoms with Crippen LogP contribution < -0.4 is 0 Å². The SMILES string of the molecule is CC1=NC(C)(C(Cl)Cl)C=C1. The number of rotatable bonds is 1. The zero-order valence-electron chi connectivity index (χ0n) is 5.94. The summed E-state index contributed by atoms with van der Waals surface area (Å²) in [5.41, 5.74) is 0.585. The molecule has 1 aliphatic rings. The van der Waals surface area contributed by atoms with Crippen molar-refractivity contribution in [3.63, 3.8) is 0 Å². The fraction of sp³-hybridized carbons (Fsp3) is 0.571. The van der Waals surface area contributed by atoms with Gasteiger partial charge < -0.3 is 0 Å². The van der Waals surface area contributed by atoms with Crippen LogP contribution in [0.15, 0.2) is 17.1 Å². The minimum absolute atomic E-state index is 0.396. The summed E-state index contributed by atoms with van der Waals surface area (Å²) in [4.78, 5) is 3.80. The maximum absolute atomic E-state index is 5.70. The van der Waals surface area contributed by atoms with E-state index >= 15 is 0 Å². The van der Waals surface area contributed by atoms with E-state index in [1.807, 2.05) is 26.0 Å². The molecule has 0 fully saturated rings. The molecule has 1 atom stereocenters. The van der Waals surface area contributed by atoms with E-state index in [0.29, 0.717) is 0 Å². The average molecular weight is 178 g/mol. The van der Waals surface area contributed by atoms with E-state index in [4.69, 9.17) is 23.2 Å². The van der Waals surface area contributed by atoms with Gasteiger partial charge in [0.1, 0.15) is 10.4 Å². The average Bonchev–Trinajstić information content (AvgIpc) is 2.13. The molecule has 1 heterocycles. The van der Waals surface area contributed by atoms with Gasteiger partial charge >= 0.3 is 0 Å². The number of hydrogen-bond acceptors (Lipinski definition) is 1. The largest absolute Gasteiger partial charge is 0.277 e. The summed E-state index contributed by atoms with van der Waals surface area (Å²) in [5.74, 6) is 0. The fourth-order valence-corrected chi connectivity index (χ4v) is 1.11. The normalized spacial score (nSPS) is 31.5. The second-order valence-electron chi connectivity index (χ2n) is 2.61. The lowest BCUT2D eigenvalue weighted by molar-refractivity contribution is 0.646. The van der Waals surface area contributed by atoms with Crippen LogP contribution in [0.3, 0.4) is 0 Å². The molecule has 1 rings (SSSR count). The summed E-state index contributed by atoms with van der Waals surface area (Å²) in [6.07, 6.45) is 3.85. The Morgan fingerprint density at radius 1 is 1.60 bits per heavy atom. The molecule has 0 bridgehead atoms. The summed E-state index contributed by atoms with van der Waals surface area (Å²) in [7, 11) is 0. The predicted octanol–water partition coefficient (Wildman–Crippen LogP) is 2.58. The molecule has 0 aromatic carbocycles. The van der Waals surface area contributed by atoms with Crippen LogP contribution in [0.5, 0.6) is 0 Å². The quantitative estimate of drug-likeness (QED) is 0.547. The Bertz CT molecular complexity index is 196. The highest BCUT2D eigenvalue weighted by Crippen LogP contribution is 2.29. The summed E-state index contributed by atoms with van der Waals surface area (Å²) < 4.78 is 0. The molecule has 0 saturated heterocycles. The first-order chi connectivity index (χ1) is 4.54.